The standard InChI is InChI=1S/C43H45N9O6/c44-39-37-38(27-17-19-30(20-18-27)58-29-12-5-4-6-13-29)49-52(40(37)46-26-45-39)28-11-10-24-50(25-28)23-8-3-1-2-7-16-34(53)47-32-15-9-14-31-36(32)43(57)51(42(31)56)33-21-22-35(54)48-41(33)55/h4-6,9,12-15,17-20,26,28,33H,1-3,7-8,10-11,16,21-25H2,(H,47,53)(H2,44,45,46)(H,48,54,55). The summed E-state index contributed by atoms with van der Waals surface area (Å²) in [5.41, 5.74) is 9.25. The number of aromatic nitrogens is 4. The lowest BCUT2D eigenvalue weighted by Crippen LogP contribution is -2.54. The number of hydrogen-bond donors (Lipinski definition) is 3. The van der Waals surface area contributed by atoms with Gasteiger partial charge in [0.25, 0.3) is 11.8 Å². The van der Waals surface area contributed by atoms with Crippen LogP contribution in [-0.2, 0) is 14.4 Å². The molecule has 3 aromatic carbocycles. The lowest BCUT2D eigenvalue weighted by Gasteiger charge is -2.33. The third kappa shape index (κ3) is 8.03. The molecule has 2 unspecified atom stereocenters. The van der Waals surface area contributed by atoms with Crippen molar-refractivity contribution in [3.8, 4) is 22.8 Å². The summed E-state index contributed by atoms with van der Waals surface area (Å²) in [5, 5.41) is 10.8. The summed E-state index contributed by atoms with van der Waals surface area (Å²) in [6.07, 6.45) is 8.51. The highest BCUT2D eigenvalue weighted by Crippen LogP contribution is 2.36. The maximum atomic E-state index is 13.3. The number of amides is 5. The minimum Gasteiger partial charge on any atom is -0.457 e. The molecule has 2 fully saturated rings. The monoisotopic (exact) mass is 783 g/mol. The van der Waals surface area contributed by atoms with Gasteiger partial charge in [0.15, 0.2) is 5.65 Å². The van der Waals surface area contributed by atoms with E-state index in [0.29, 0.717) is 12.2 Å². The van der Waals surface area contributed by atoms with Crippen LogP contribution in [0.25, 0.3) is 22.3 Å². The Balaban J connectivity index is 0.802. The molecular formula is C43H45N9O6. The Hall–Kier alpha value is -6.48. The summed E-state index contributed by atoms with van der Waals surface area (Å²) < 4.78 is 8.02. The van der Waals surface area contributed by atoms with Crippen LogP contribution < -0.4 is 21.1 Å². The van der Waals surface area contributed by atoms with E-state index in [0.717, 1.165) is 96.8 Å². The molecular weight excluding hydrogens is 739 g/mol. The van der Waals surface area contributed by atoms with Gasteiger partial charge in [-0.15, -0.1) is 0 Å². The zero-order chi connectivity index (χ0) is 40.2. The van der Waals surface area contributed by atoms with Gasteiger partial charge >= 0.3 is 0 Å². The number of nitrogens with two attached hydrogens (primary N) is 1. The first-order valence-electron chi connectivity index (χ1n) is 19.9. The molecule has 3 aliphatic heterocycles. The van der Waals surface area contributed by atoms with Crippen LogP contribution >= 0.6 is 0 Å². The fourth-order valence-corrected chi connectivity index (χ4v) is 8.17. The third-order valence-corrected chi connectivity index (χ3v) is 11.1. The summed E-state index contributed by atoms with van der Waals surface area (Å²) in [6, 6.07) is 21.2. The van der Waals surface area contributed by atoms with Crippen LogP contribution in [0.1, 0.15) is 91.0 Å². The van der Waals surface area contributed by atoms with Crippen molar-refractivity contribution in [3.63, 3.8) is 0 Å². The first-order valence-corrected chi connectivity index (χ1v) is 19.9. The minimum absolute atomic E-state index is 0.0349. The van der Waals surface area contributed by atoms with Gasteiger partial charge in [0.2, 0.25) is 17.7 Å². The fourth-order valence-electron chi connectivity index (χ4n) is 8.17. The maximum absolute atomic E-state index is 13.3. The molecule has 0 bridgehead atoms. The Bertz CT molecular complexity index is 2360. The smallest absolute Gasteiger partial charge is 0.264 e. The van der Waals surface area contributed by atoms with Gasteiger partial charge in [-0.25, -0.2) is 14.6 Å². The van der Waals surface area contributed by atoms with Crippen molar-refractivity contribution in [1.29, 1.82) is 0 Å². The molecule has 5 aromatic rings. The van der Waals surface area contributed by atoms with Crippen LogP contribution in [-0.4, -0.2) is 84.8 Å². The van der Waals surface area contributed by atoms with E-state index in [4.69, 9.17) is 15.6 Å². The molecule has 0 radical (unpaired) electrons. The number of piperidine rings is 2. The molecule has 0 aliphatic carbocycles. The Kier molecular flexibility index (Phi) is 11.2. The van der Waals surface area contributed by atoms with E-state index in [9.17, 15) is 24.0 Å². The lowest BCUT2D eigenvalue weighted by atomic mass is 10.0. The van der Waals surface area contributed by atoms with E-state index < -0.39 is 29.7 Å². The van der Waals surface area contributed by atoms with E-state index in [1.807, 2.05) is 59.3 Å². The fraction of sp³-hybridized carbons (Fsp3) is 0.349. The number of benzene rings is 3. The van der Waals surface area contributed by atoms with Crippen molar-refractivity contribution in [2.45, 2.75) is 76.3 Å². The summed E-state index contributed by atoms with van der Waals surface area (Å²) >= 11 is 0. The summed E-state index contributed by atoms with van der Waals surface area (Å²) in [5.74, 6) is -0.731. The Morgan fingerprint density at radius 1 is 0.862 bits per heavy atom. The number of likely N-dealkylation sites (tertiary alicyclic amines) is 1. The first kappa shape index (κ1) is 38.4. The SMILES string of the molecule is Nc1ncnc2c1c(-c1ccc(Oc3ccccc3)cc1)nn2C1CCCN(CCCCCCCC(=O)Nc2cccc3c2C(=O)N(C2CCC(=O)NC2=O)C3=O)C1. The number of fused-ring (bicyclic) bond motifs is 2. The van der Waals surface area contributed by atoms with E-state index in [-0.39, 0.29) is 48.0 Å². The van der Waals surface area contributed by atoms with E-state index in [1.165, 1.54) is 12.4 Å². The van der Waals surface area contributed by atoms with Crippen LogP contribution in [0.2, 0.25) is 0 Å². The Morgan fingerprint density at radius 3 is 2.45 bits per heavy atom. The average Bonchev–Trinajstić information content (AvgIpc) is 3.74. The van der Waals surface area contributed by atoms with Crippen LogP contribution in [0.4, 0.5) is 11.5 Å². The molecule has 2 atom stereocenters. The lowest BCUT2D eigenvalue weighted by molar-refractivity contribution is -0.136. The topological polar surface area (TPSA) is 195 Å². The summed E-state index contributed by atoms with van der Waals surface area (Å²) in [6.45, 7) is 2.84. The normalized spacial score (nSPS) is 18.4. The van der Waals surface area contributed by atoms with Gasteiger partial charge in [-0.1, -0.05) is 43.5 Å². The molecule has 5 heterocycles. The van der Waals surface area contributed by atoms with Crippen molar-refractivity contribution < 1.29 is 28.7 Å². The van der Waals surface area contributed by atoms with Gasteiger partial charge in [0.1, 0.15) is 35.4 Å². The van der Waals surface area contributed by atoms with E-state index >= 15 is 0 Å². The summed E-state index contributed by atoms with van der Waals surface area (Å²) in [7, 11) is 0. The third-order valence-electron chi connectivity index (χ3n) is 11.1. The number of nitrogens with zero attached hydrogens (tertiary/aromatic N) is 6. The number of carbonyl (C=O) groups excluding carboxylic acids is 5. The van der Waals surface area contributed by atoms with E-state index in [2.05, 4.69) is 25.5 Å². The molecule has 3 aliphatic rings. The van der Waals surface area contributed by atoms with Crippen LogP contribution in [0.5, 0.6) is 11.5 Å². The number of hydrogen-bond acceptors (Lipinski definition) is 11. The van der Waals surface area contributed by atoms with Crippen LogP contribution in [0.3, 0.4) is 0 Å². The van der Waals surface area contributed by atoms with Crippen molar-refractivity contribution in [3.05, 3.63) is 90.3 Å². The number of nitrogen functional groups attached to an aromatic ring is 1. The molecule has 4 N–H and O–H groups in total. The molecule has 5 amide bonds. The highest BCUT2D eigenvalue weighted by molar-refractivity contribution is 6.26. The molecule has 15 heteroatoms. The zero-order valence-corrected chi connectivity index (χ0v) is 32.1. The van der Waals surface area contributed by atoms with Gasteiger partial charge < -0.3 is 20.7 Å². The van der Waals surface area contributed by atoms with Crippen LogP contribution in [0, 0.1) is 0 Å². The van der Waals surface area contributed by atoms with Gasteiger partial charge in [0, 0.05) is 24.9 Å². The van der Waals surface area contributed by atoms with E-state index in [1.54, 1.807) is 12.1 Å². The average molecular weight is 784 g/mol. The van der Waals surface area contributed by atoms with Crippen molar-refractivity contribution >= 4 is 52.1 Å². The zero-order valence-electron chi connectivity index (χ0n) is 32.1. The molecule has 2 aromatic heterocycles. The van der Waals surface area contributed by atoms with Crippen molar-refractivity contribution in [1.82, 2.24) is 34.9 Å². The predicted molar refractivity (Wildman–Crippen MR) is 216 cm³/mol. The second kappa shape index (κ2) is 16.9. The number of anilines is 2. The first-order chi connectivity index (χ1) is 28.2. The predicted octanol–water partition coefficient (Wildman–Crippen LogP) is 5.89. The molecule has 8 rings (SSSR count). The second-order valence-corrected chi connectivity index (χ2v) is 15.0. The number of unbranched alkanes of at least 4 members (excludes halogenated alkanes) is 4. The molecule has 0 saturated carbocycles. The molecule has 298 valence electrons. The molecule has 0 spiro atoms. The number of rotatable bonds is 14. The molecule has 15 nitrogen and oxygen atoms in total. The summed E-state index contributed by atoms with van der Waals surface area (Å²) in [4.78, 5) is 75.7. The number of imide groups is 2. The highest BCUT2D eigenvalue weighted by Gasteiger charge is 2.45. The van der Waals surface area contributed by atoms with Gasteiger partial charge in [0.05, 0.1) is 28.2 Å². The quantitative estimate of drug-likeness (QED) is 0.0899. The van der Waals surface area contributed by atoms with Crippen LogP contribution in [0.15, 0.2) is 79.1 Å². The highest BCUT2D eigenvalue weighted by atomic mass is 16.5. The van der Waals surface area contributed by atoms with Crippen molar-refractivity contribution in [2.24, 2.45) is 0 Å². The van der Waals surface area contributed by atoms with Gasteiger partial charge in [-0.2, -0.15) is 5.10 Å². The minimum atomic E-state index is -1.07. The Morgan fingerprint density at radius 2 is 1.64 bits per heavy atom. The van der Waals surface area contributed by atoms with Crippen molar-refractivity contribution in [2.75, 3.05) is 30.7 Å². The van der Waals surface area contributed by atoms with Gasteiger partial charge in [-0.05, 0) is 93.7 Å². The second-order valence-electron chi connectivity index (χ2n) is 15.0. The largest absolute Gasteiger partial charge is 0.457 e. The number of carbonyl (C=O) groups is 5. The Labute approximate surface area is 334 Å². The number of nitrogens with one attached hydrogen (secondary N) is 2. The molecule has 2 saturated heterocycles. The maximum Gasteiger partial charge on any atom is 0.264 e. The molecule has 58 heavy (non-hydrogen) atoms. The number of ether oxygens (including phenoxy) is 1. The van der Waals surface area contributed by atoms with Gasteiger partial charge in [-0.3, -0.25) is 34.2 Å². The number of para-hydroxylation sites is 1.